The number of thiazole rings is 1. The van der Waals surface area contributed by atoms with E-state index in [0.29, 0.717) is 16.4 Å². The van der Waals surface area contributed by atoms with E-state index >= 15 is 8.78 Å². The number of ether oxygens (including phenoxy) is 1. The highest BCUT2D eigenvalue weighted by molar-refractivity contribution is 7.11. The molecule has 3 aliphatic rings. The molecule has 0 radical (unpaired) electrons. The number of amides is 1. The number of alkyl halides is 2. The summed E-state index contributed by atoms with van der Waals surface area (Å²) >= 11 is 1.29. The van der Waals surface area contributed by atoms with Gasteiger partial charge >= 0.3 is 11.9 Å². The molecule has 15 heteroatoms. The summed E-state index contributed by atoms with van der Waals surface area (Å²) in [6, 6.07) is 1.19. The third kappa shape index (κ3) is 6.72. The van der Waals surface area contributed by atoms with E-state index in [9.17, 15) is 23.9 Å². The summed E-state index contributed by atoms with van der Waals surface area (Å²) in [5.74, 6) is -6.13. The molecule has 0 spiro atoms. The number of likely N-dealkylation sites (tertiary alicyclic amines) is 1. The fourth-order valence-electron chi connectivity index (χ4n) is 6.44. The molecule has 0 saturated carbocycles. The molecular formula is C33H41F3N6O5S. The normalized spacial score (nSPS) is 22.9. The number of benzene rings is 1. The van der Waals surface area contributed by atoms with Crippen LogP contribution in [0.4, 0.5) is 13.2 Å². The number of nitrogens with one attached hydrogen (secondary N) is 1. The van der Waals surface area contributed by atoms with Gasteiger partial charge in [0.1, 0.15) is 17.9 Å². The highest BCUT2D eigenvalue weighted by Crippen LogP contribution is 2.43. The van der Waals surface area contributed by atoms with Crippen LogP contribution in [0.15, 0.2) is 46.0 Å². The van der Waals surface area contributed by atoms with Crippen LogP contribution in [0.1, 0.15) is 63.2 Å². The Morgan fingerprint density at radius 2 is 1.98 bits per heavy atom. The van der Waals surface area contributed by atoms with Crippen LogP contribution in [0.5, 0.6) is 0 Å². The smallest absolute Gasteiger partial charge is 0.338 e. The van der Waals surface area contributed by atoms with E-state index in [-0.39, 0.29) is 55.4 Å². The van der Waals surface area contributed by atoms with Gasteiger partial charge in [0.05, 0.1) is 36.7 Å². The first-order valence-electron chi connectivity index (χ1n) is 15.9. The van der Waals surface area contributed by atoms with Crippen LogP contribution in [-0.2, 0) is 19.1 Å². The van der Waals surface area contributed by atoms with E-state index in [1.807, 2.05) is 0 Å². The Kier molecular flexibility index (Phi) is 10.0. The number of fused-ring (bicyclic) bond motifs is 1. The monoisotopic (exact) mass is 690 g/mol. The maximum absolute atomic E-state index is 16.1. The van der Waals surface area contributed by atoms with Crippen molar-refractivity contribution in [3.63, 3.8) is 0 Å². The summed E-state index contributed by atoms with van der Waals surface area (Å²) in [4.78, 5) is 49.5. The fraction of sp³-hybridized carbons (Fsp3) is 0.545. The second-order valence-electron chi connectivity index (χ2n) is 13.3. The SMILES string of the molecule is CCOC(=O)C1=C(CN2CC(F)(F)C3C2CN(C(=O)C(C)C)N3CCC(C)(C)C(=O)O)NC(c2nccs2)=N[C@H]1c1cccc(F)c1C. The number of hydrogen-bond donors (Lipinski definition) is 2. The van der Waals surface area contributed by atoms with Gasteiger partial charge in [0.2, 0.25) is 5.91 Å². The Labute approximate surface area is 281 Å². The highest BCUT2D eigenvalue weighted by atomic mass is 32.1. The summed E-state index contributed by atoms with van der Waals surface area (Å²) in [5.41, 5.74) is -0.201. The molecule has 2 fully saturated rings. The Morgan fingerprint density at radius 3 is 2.60 bits per heavy atom. The molecule has 5 rings (SSSR count). The first-order chi connectivity index (χ1) is 22.6. The number of aliphatic imine (C=N–C) groups is 1. The fourth-order valence-corrected chi connectivity index (χ4v) is 7.03. The predicted octanol–water partition coefficient (Wildman–Crippen LogP) is 4.40. The minimum atomic E-state index is -3.30. The van der Waals surface area contributed by atoms with Gasteiger partial charge in [0, 0.05) is 36.3 Å². The van der Waals surface area contributed by atoms with Gasteiger partial charge in [-0.15, -0.1) is 11.3 Å². The Morgan fingerprint density at radius 1 is 1.25 bits per heavy atom. The van der Waals surface area contributed by atoms with Gasteiger partial charge in [-0.3, -0.25) is 24.5 Å². The van der Waals surface area contributed by atoms with Crippen molar-refractivity contribution in [2.24, 2.45) is 16.3 Å². The van der Waals surface area contributed by atoms with E-state index < -0.39 is 59.7 Å². The van der Waals surface area contributed by atoms with Crippen molar-refractivity contribution >= 4 is 35.0 Å². The molecule has 2 N–H and O–H groups in total. The number of aliphatic carboxylic acids is 1. The van der Waals surface area contributed by atoms with Crippen LogP contribution in [0.25, 0.3) is 0 Å². The van der Waals surface area contributed by atoms with Crippen molar-refractivity contribution in [3.05, 3.63) is 63.0 Å². The Balaban J connectivity index is 1.57. The number of halogens is 3. The lowest BCUT2D eigenvalue weighted by Gasteiger charge is -2.36. The van der Waals surface area contributed by atoms with Crippen molar-refractivity contribution in [3.8, 4) is 0 Å². The lowest BCUT2D eigenvalue weighted by molar-refractivity contribution is -0.161. The molecule has 1 aromatic heterocycles. The Hall–Kier alpha value is -3.82. The number of carboxylic acid groups (broad SMARTS) is 1. The second kappa shape index (κ2) is 13.6. The predicted molar refractivity (Wildman–Crippen MR) is 173 cm³/mol. The minimum absolute atomic E-state index is 0.0333. The number of esters is 1. The second-order valence-corrected chi connectivity index (χ2v) is 14.2. The largest absolute Gasteiger partial charge is 0.481 e. The van der Waals surface area contributed by atoms with Gasteiger partial charge in [-0.1, -0.05) is 26.0 Å². The number of carbonyl (C=O) groups excluding carboxylic acids is 2. The molecule has 4 heterocycles. The average molecular weight is 691 g/mol. The number of hydrazine groups is 1. The van der Waals surface area contributed by atoms with Gasteiger partial charge in [-0.05, 0) is 51.3 Å². The van der Waals surface area contributed by atoms with Gasteiger partial charge in [-0.2, -0.15) is 0 Å². The first kappa shape index (κ1) is 35.5. The lowest BCUT2D eigenvalue weighted by atomic mass is 9.89. The lowest BCUT2D eigenvalue weighted by Crippen LogP contribution is -2.53. The maximum Gasteiger partial charge on any atom is 0.338 e. The highest BCUT2D eigenvalue weighted by Gasteiger charge is 2.63. The molecule has 11 nitrogen and oxygen atoms in total. The standard InChI is InChI=1S/C33H41F3N6O5S/c1-7-47-30(44)24-22(38-27(28-37-12-14-48-28)39-25(24)20-9-8-10-21(34)19(20)4)15-40-17-33(35,36)26-23(40)16-42(29(43)18(2)3)41(26)13-11-32(5,6)31(45)46/h8-10,12,14,18,23,25-26H,7,11,13,15-17H2,1-6H3,(H,38,39)(H,45,46)/t23?,25-,26?/m0/s1. The molecule has 1 aromatic carbocycles. The third-order valence-corrected chi connectivity index (χ3v) is 9.97. The van der Waals surface area contributed by atoms with Gasteiger partial charge in [0.15, 0.2) is 10.8 Å². The van der Waals surface area contributed by atoms with Crippen LogP contribution >= 0.6 is 11.3 Å². The molecule has 3 aliphatic heterocycles. The molecule has 2 aromatic rings. The number of aromatic nitrogens is 1. The van der Waals surface area contributed by atoms with Crippen molar-refractivity contribution in [1.29, 1.82) is 0 Å². The number of rotatable bonds is 11. The van der Waals surface area contributed by atoms with Gasteiger partial charge in [0.25, 0.3) is 5.92 Å². The van der Waals surface area contributed by atoms with Crippen LogP contribution in [-0.4, -0.2) is 99.5 Å². The number of hydrogen-bond acceptors (Lipinski definition) is 10. The summed E-state index contributed by atoms with van der Waals surface area (Å²) in [5, 5.41) is 17.8. The number of nitrogens with zero attached hydrogens (tertiary/aromatic N) is 5. The number of amidine groups is 1. The molecule has 260 valence electrons. The molecule has 1 amide bonds. The van der Waals surface area contributed by atoms with Crippen molar-refractivity contribution in [2.45, 2.75) is 72.0 Å². The zero-order valence-electron chi connectivity index (χ0n) is 27.8. The Bertz CT molecular complexity index is 1630. The summed E-state index contributed by atoms with van der Waals surface area (Å²) in [6.45, 7) is 8.70. The van der Waals surface area contributed by atoms with E-state index in [0.717, 1.165) is 0 Å². The molecular weight excluding hydrogens is 649 g/mol. The minimum Gasteiger partial charge on any atom is -0.481 e. The van der Waals surface area contributed by atoms with E-state index in [4.69, 9.17) is 9.73 Å². The van der Waals surface area contributed by atoms with E-state index in [1.165, 1.54) is 52.2 Å². The molecule has 48 heavy (non-hydrogen) atoms. The topological polar surface area (TPSA) is 128 Å². The number of carbonyl (C=O) groups is 3. The number of carboxylic acids is 1. The quantitative estimate of drug-likeness (QED) is 0.330. The zero-order valence-corrected chi connectivity index (χ0v) is 28.6. The van der Waals surface area contributed by atoms with Crippen LogP contribution in [0, 0.1) is 24.1 Å². The first-order valence-corrected chi connectivity index (χ1v) is 16.8. The summed E-state index contributed by atoms with van der Waals surface area (Å²) in [7, 11) is 0. The van der Waals surface area contributed by atoms with Crippen LogP contribution < -0.4 is 5.32 Å². The average Bonchev–Trinajstić information content (AvgIpc) is 3.74. The summed E-state index contributed by atoms with van der Waals surface area (Å²) in [6.07, 6.45) is 1.62. The van der Waals surface area contributed by atoms with Crippen LogP contribution in [0.2, 0.25) is 0 Å². The third-order valence-electron chi connectivity index (χ3n) is 9.19. The van der Waals surface area contributed by atoms with E-state index in [2.05, 4.69) is 10.3 Å². The van der Waals surface area contributed by atoms with Gasteiger partial charge < -0.3 is 15.2 Å². The molecule has 0 bridgehead atoms. The summed E-state index contributed by atoms with van der Waals surface area (Å²) < 4.78 is 52.6. The molecule has 0 aliphatic carbocycles. The van der Waals surface area contributed by atoms with Crippen molar-refractivity contribution in [2.75, 3.05) is 32.8 Å². The molecule has 2 unspecified atom stereocenters. The maximum atomic E-state index is 16.1. The van der Waals surface area contributed by atoms with Crippen molar-refractivity contribution < 1.29 is 37.4 Å². The van der Waals surface area contributed by atoms with Crippen molar-refractivity contribution in [1.82, 2.24) is 25.2 Å². The van der Waals surface area contributed by atoms with Crippen LogP contribution in [0.3, 0.4) is 0 Å². The molecule has 3 atom stereocenters. The molecule has 2 saturated heterocycles. The zero-order chi connectivity index (χ0) is 35.1. The van der Waals surface area contributed by atoms with E-state index in [1.54, 1.807) is 45.3 Å². The van der Waals surface area contributed by atoms with Gasteiger partial charge in [-0.25, -0.2) is 28.0 Å².